The fourth-order valence-electron chi connectivity index (χ4n) is 3.35. The molecule has 7 heteroatoms. The van der Waals surface area contributed by atoms with Gasteiger partial charge in [0.1, 0.15) is 11.3 Å². The van der Waals surface area contributed by atoms with Crippen molar-refractivity contribution in [3.8, 4) is 0 Å². The molecule has 1 aliphatic heterocycles. The predicted octanol–water partition coefficient (Wildman–Crippen LogP) is 4.18. The van der Waals surface area contributed by atoms with E-state index in [-0.39, 0.29) is 24.1 Å². The van der Waals surface area contributed by atoms with Crippen molar-refractivity contribution in [3.63, 3.8) is 0 Å². The molecule has 1 saturated heterocycles. The fourth-order valence-corrected chi connectivity index (χ4v) is 3.35. The van der Waals surface area contributed by atoms with E-state index in [1.165, 1.54) is 6.08 Å². The third kappa shape index (κ3) is 7.27. The molecule has 1 heterocycles. The monoisotopic (exact) mass is 427 g/mol. The molecule has 0 aromatic rings. The van der Waals surface area contributed by atoms with Gasteiger partial charge in [-0.2, -0.15) is 0 Å². The average Bonchev–Trinajstić information content (AvgIpc) is 2.97. The third-order valence-corrected chi connectivity index (χ3v) is 4.74. The first-order valence-corrected chi connectivity index (χ1v) is 10.6. The standard InChI is InChI=1S/C24H33N3O4/c1-5-30-22(28)20(26)16-19(25)21(17-10-8-6-7-9-11-17)18-12-14-27(15-13-18)23(29)31-24(2,3)4/h6-8,10-11,16,25H,5,9,12-15,26H2,1-4H3/b20-16-,25-19?. The van der Waals surface area contributed by atoms with Crippen molar-refractivity contribution >= 4 is 17.8 Å². The van der Waals surface area contributed by atoms with Crippen LogP contribution in [-0.4, -0.2) is 48.0 Å². The molecule has 168 valence electrons. The molecule has 1 fully saturated rings. The predicted molar refractivity (Wildman–Crippen MR) is 122 cm³/mol. The van der Waals surface area contributed by atoms with Crippen LogP contribution in [0.2, 0.25) is 0 Å². The van der Waals surface area contributed by atoms with Crippen LogP contribution in [0.4, 0.5) is 4.79 Å². The second kappa shape index (κ2) is 10.8. The quantitative estimate of drug-likeness (QED) is 0.389. The number of ether oxygens (including phenoxy) is 2. The molecule has 2 rings (SSSR count). The van der Waals surface area contributed by atoms with E-state index < -0.39 is 11.6 Å². The number of nitrogens with zero attached hydrogens (tertiary/aromatic N) is 1. The second-order valence-electron chi connectivity index (χ2n) is 8.36. The molecule has 0 unspecified atom stereocenters. The molecular formula is C24H33N3O4. The molecular weight excluding hydrogens is 394 g/mol. The van der Waals surface area contributed by atoms with E-state index in [0.717, 1.165) is 23.1 Å². The number of likely N-dealkylation sites (tertiary alicyclic amines) is 1. The normalized spacial score (nSPS) is 17.0. The van der Waals surface area contributed by atoms with Crippen LogP contribution in [0.5, 0.6) is 0 Å². The summed E-state index contributed by atoms with van der Waals surface area (Å²) in [6.07, 6.45) is 12.9. The molecule has 7 nitrogen and oxygen atoms in total. The number of hydrogen-bond donors (Lipinski definition) is 2. The minimum atomic E-state index is -0.636. The van der Waals surface area contributed by atoms with E-state index in [2.05, 4.69) is 0 Å². The molecule has 3 N–H and O–H groups in total. The molecule has 0 aromatic carbocycles. The molecule has 2 aliphatic rings. The Morgan fingerprint density at radius 2 is 1.90 bits per heavy atom. The van der Waals surface area contributed by atoms with Crippen molar-refractivity contribution in [2.24, 2.45) is 5.73 Å². The van der Waals surface area contributed by atoms with Crippen LogP contribution in [0.3, 0.4) is 0 Å². The molecule has 0 atom stereocenters. The summed E-state index contributed by atoms with van der Waals surface area (Å²) in [5.41, 5.74) is 8.07. The molecule has 0 radical (unpaired) electrons. The smallest absolute Gasteiger partial charge is 0.410 e. The second-order valence-corrected chi connectivity index (χ2v) is 8.36. The highest BCUT2D eigenvalue weighted by atomic mass is 16.6. The molecule has 0 aromatic heterocycles. The van der Waals surface area contributed by atoms with Gasteiger partial charge in [-0.15, -0.1) is 0 Å². The van der Waals surface area contributed by atoms with Crippen LogP contribution in [-0.2, 0) is 14.3 Å². The first-order valence-electron chi connectivity index (χ1n) is 10.6. The first kappa shape index (κ1) is 24.2. The summed E-state index contributed by atoms with van der Waals surface area (Å²) < 4.78 is 10.4. The lowest BCUT2D eigenvalue weighted by molar-refractivity contribution is -0.138. The number of nitrogens with one attached hydrogen (secondary N) is 1. The summed E-state index contributed by atoms with van der Waals surface area (Å²) in [6, 6.07) is 0. The molecule has 1 aliphatic carbocycles. The summed E-state index contributed by atoms with van der Waals surface area (Å²) in [5, 5.41) is 8.68. The number of nitrogens with two attached hydrogens (primary N) is 1. The average molecular weight is 428 g/mol. The van der Waals surface area contributed by atoms with Crippen molar-refractivity contribution in [2.45, 2.75) is 52.6 Å². The molecule has 0 spiro atoms. The zero-order valence-corrected chi connectivity index (χ0v) is 18.9. The Morgan fingerprint density at radius 1 is 1.23 bits per heavy atom. The van der Waals surface area contributed by atoms with Gasteiger partial charge in [0, 0.05) is 18.7 Å². The Bertz CT molecular complexity index is 860. The number of piperidine rings is 1. The van der Waals surface area contributed by atoms with Gasteiger partial charge in [0.2, 0.25) is 0 Å². The lowest BCUT2D eigenvalue weighted by Gasteiger charge is -2.32. The number of carbonyl (C=O) groups is 2. The van der Waals surface area contributed by atoms with E-state index >= 15 is 0 Å². The number of hydrogen-bond acceptors (Lipinski definition) is 6. The van der Waals surface area contributed by atoms with Crippen molar-refractivity contribution in [1.29, 1.82) is 5.41 Å². The van der Waals surface area contributed by atoms with Crippen LogP contribution in [0.15, 0.2) is 58.9 Å². The number of amides is 1. The summed E-state index contributed by atoms with van der Waals surface area (Å²) in [7, 11) is 0. The SMILES string of the molecule is CCOC(=O)/C(N)=C/C(=N)C(C1=CCC=CC=C1)=C1CCN(C(=O)OC(C)(C)C)CC1. The highest BCUT2D eigenvalue weighted by Gasteiger charge is 2.27. The van der Waals surface area contributed by atoms with Crippen molar-refractivity contribution in [1.82, 2.24) is 4.90 Å². The first-order chi connectivity index (χ1) is 14.6. The number of carbonyl (C=O) groups excluding carboxylic acids is 2. The Balaban J connectivity index is 2.29. The molecule has 31 heavy (non-hydrogen) atoms. The van der Waals surface area contributed by atoms with Crippen molar-refractivity contribution in [3.05, 3.63) is 58.9 Å². The van der Waals surface area contributed by atoms with E-state index in [9.17, 15) is 9.59 Å². The van der Waals surface area contributed by atoms with Gasteiger partial charge in [-0.1, -0.05) is 36.0 Å². The van der Waals surface area contributed by atoms with Crippen LogP contribution in [0.25, 0.3) is 0 Å². The zero-order chi connectivity index (χ0) is 23.0. The highest BCUT2D eigenvalue weighted by molar-refractivity contribution is 6.13. The minimum Gasteiger partial charge on any atom is -0.461 e. The van der Waals surface area contributed by atoms with Gasteiger partial charge < -0.3 is 25.5 Å². The maximum Gasteiger partial charge on any atom is 0.410 e. The maximum absolute atomic E-state index is 12.4. The van der Waals surface area contributed by atoms with Gasteiger partial charge in [0.25, 0.3) is 0 Å². The minimum absolute atomic E-state index is 0.104. The van der Waals surface area contributed by atoms with E-state index in [4.69, 9.17) is 20.6 Å². The topological polar surface area (TPSA) is 106 Å². The summed E-state index contributed by atoms with van der Waals surface area (Å²) in [5.74, 6) is -0.636. The van der Waals surface area contributed by atoms with Crippen molar-refractivity contribution < 1.29 is 19.1 Å². The molecule has 0 saturated carbocycles. The number of allylic oxidation sites excluding steroid dienone is 8. The van der Waals surface area contributed by atoms with E-state index in [1.54, 1.807) is 11.8 Å². The van der Waals surface area contributed by atoms with E-state index in [1.807, 2.05) is 51.2 Å². The van der Waals surface area contributed by atoms with Crippen LogP contribution in [0, 0.1) is 5.41 Å². The maximum atomic E-state index is 12.4. The zero-order valence-electron chi connectivity index (χ0n) is 18.9. The van der Waals surface area contributed by atoms with Gasteiger partial charge in [-0.25, -0.2) is 9.59 Å². The molecule has 0 bridgehead atoms. The van der Waals surface area contributed by atoms with Crippen molar-refractivity contribution in [2.75, 3.05) is 19.7 Å². The number of rotatable bonds is 5. The molecule has 1 amide bonds. The lowest BCUT2D eigenvalue weighted by Crippen LogP contribution is -2.40. The third-order valence-electron chi connectivity index (χ3n) is 4.74. The van der Waals surface area contributed by atoms with Crippen LogP contribution in [0.1, 0.15) is 47.0 Å². The Morgan fingerprint density at radius 3 is 2.52 bits per heavy atom. The Kier molecular flexibility index (Phi) is 8.42. The largest absolute Gasteiger partial charge is 0.461 e. The summed E-state index contributed by atoms with van der Waals surface area (Å²) >= 11 is 0. The van der Waals surface area contributed by atoms with E-state index in [0.29, 0.717) is 25.9 Å². The van der Waals surface area contributed by atoms with Gasteiger partial charge >= 0.3 is 12.1 Å². The number of esters is 1. The fraction of sp³-hybridized carbons (Fsp3) is 0.458. The highest BCUT2D eigenvalue weighted by Crippen LogP contribution is 2.28. The van der Waals surface area contributed by atoms with Gasteiger partial charge in [-0.05, 0) is 58.6 Å². The Hall–Kier alpha value is -3.09. The lowest BCUT2D eigenvalue weighted by atomic mass is 9.89. The van der Waals surface area contributed by atoms with Gasteiger partial charge in [0.05, 0.1) is 12.3 Å². The van der Waals surface area contributed by atoms with Gasteiger partial charge in [-0.3, -0.25) is 0 Å². The van der Waals surface area contributed by atoms with Crippen LogP contribution < -0.4 is 5.73 Å². The van der Waals surface area contributed by atoms with Crippen LogP contribution >= 0.6 is 0 Å². The summed E-state index contributed by atoms with van der Waals surface area (Å²) in [4.78, 5) is 26.0. The van der Waals surface area contributed by atoms with Gasteiger partial charge in [0.15, 0.2) is 0 Å². The Labute approximate surface area is 184 Å². The summed E-state index contributed by atoms with van der Waals surface area (Å²) in [6.45, 7) is 8.47.